The van der Waals surface area contributed by atoms with E-state index in [1.54, 1.807) is 0 Å². The molecule has 1 atom stereocenters. The van der Waals surface area contributed by atoms with Crippen LogP contribution in [0.2, 0.25) is 0 Å². The fourth-order valence-electron chi connectivity index (χ4n) is 4.98. The maximum absolute atomic E-state index is 13.0. The summed E-state index contributed by atoms with van der Waals surface area (Å²) in [5.74, 6) is 0.384. The molecular weight excluding hydrogens is 482 g/mol. The summed E-state index contributed by atoms with van der Waals surface area (Å²) in [4.78, 5) is 32.4. The van der Waals surface area contributed by atoms with Crippen LogP contribution in [-0.4, -0.2) is 34.8 Å². The first kappa shape index (κ1) is 23.4. The SMILES string of the molecule is CC(NC(=O)c1csc(C2CCN(C(=O)c3cc4ccccc4o3)CC2)n1)c1ccc2ccccc2c1. The Morgan fingerprint density at radius 1 is 0.973 bits per heavy atom. The monoisotopic (exact) mass is 509 g/mol. The molecule has 7 heteroatoms. The van der Waals surface area contributed by atoms with Crippen molar-refractivity contribution >= 4 is 44.9 Å². The predicted octanol–water partition coefficient (Wildman–Crippen LogP) is 6.55. The summed E-state index contributed by atoms with van der Waals surface area (Å²) in [6.07, 6.45) is 1.63. The first-order chi connectivity index (χ1) is 18.0. The highest BCUT2D eigenvalue weighted by Crippen LogP contribution is 2.32. The first-order valence-corrected chi connectivity index (χ1v) is 13.5. The number of benzene rings is 3. The van der Waals surface area contributed by atoms with Gasteiger partial charge in [-0.1, -0.05) is 54.6 Å². The Kier molecular flexibility index (Phi) is 6.22. The van der Waals surface area contributed by atoms with E-state index >= 15 is 0 Å². The van der Waals surface area contributed by atoms with Gasteiger partial charge in [-0.3, -0.25) is 9.59 Å². The summed E-state index contributed by atoms with van der Waals surface area (Å²) >= 11 is 1.52. The minimum Gasteiger partial charge on any atom is -0.451 e. The molecule has 1 unspecified atom stereocenters. The summed E-state index contributed by atoms with van der Waals surface area (Å²) in [6, 6.07) is 23.8. The lowest BCUT2D eigenvalue weighted by Gasteiger charge is -2.30. The molecule has 1 N–H and O–H groups in total. The summed E-state index contributed by atoms with van der Waals surface area (Å²) in [5, 5.41) is 9.15. The first-order valence-electron chi connectivity index (χ1n) is 12.6. The normalized spacial score (nSPS) is 15.2. The average Bonchev–Trinajstić information content (AvgIpc) is 3.60. The van der Waals surface area contributed by atoms with Crippen molar-refractivity contribution in [3.05, 3.63) is 100 Å². The quantitative estimate of drug-likeness (QED) is 0.291. The lowest BCUT2D eigenvalue weighted by molar-refractivity contribution is 0.0683. The van der Waals surface area contributed by atoms with Crippen molar-refractivity contribution in [3.8, 4) is 0 Å². The van der Waals surface area contributed by atoms with E-state index in [-0.39, 0.29) is 23.8 Å². The minimum absolute atomic E-state index is 0.0727. The molecule has 6 nitrogen and oxygen atoms in total. The van der Waals surface area contributed by atoms with Gasteiger partial charge >= 0.3 is 0 Å². The van der Waals surface area contributed by atoms with E-state index in [0.29, 0.717) is 24.5 Å². The lowest BCUT2D eigenvalue weighted by Crippen LogP contribution is -2.37. The molecule has 1 aliphatic rings. The van der Waals surface area contributed by atoms with Gasteiger partial charge in [-0.15, -0.1) is 11.3 Å². The summed E-state index contributed by atoms with van der Waals surface area (Å²) in [5.41, 5.74) is 2.24. The van der Waals surface area contributed by atoms with Gasteiger partial charge in [0, 0.05) is 29.8 Å². The average molecular weight is 510 g/mol. The third-order valence-corrected chi connectivity index (χ3v) is 8.15. The fourth-order valence-corrected chi connectivity index (χ4v) is 5.95. The van der Waals surface area contributed by atoms with Crippen LogP contribution in [0.25, 0.3) is 21.7 Å². The standard InChI is InChI=1S/C30H27N3O3S/c1-19(22-11-10-20-6-2-3-7-23(20)16-22)31-28(34)25-18-37-29(32-25)21-12-14-33(15-13-21)30(35)27-17-24-8-4-5-9-26(24)36-27/h2-11,16-19,21H,12-15H2,1H3,(H,31,34). The number of hydrogen-bond acceptors (Lipinski definition) is 5. The van der Waals surface area contributed by atoms with Crippen LogP contribution in [0.15, 0.2) is 82.6 Å². The van der Waals surface area contributed by atoms with Crippen molar-refractivity contribution in [1.29, 1.82) is 0 Å². The Labute approximate surface area is 218 Å². The van der Waals surface area contributed by atoms with E-state index in [0.717, 1.165) is 39.8 Å². The fraction of sp³-hybridized carbons (Fsp3) is 0.233. The van der Waals surface area contributed by atoms with Gasteiger partial charge in [0.15, 0.2) is 5.76 Å². The van der Waals surface area contributed by atoms with Gasteiger partial charge in [0.1, 0.15) is 11.3 Å². The van der Waals surface area contributed by atoms with Crippen molar-refractivity contribution in [2.24, 2.45) is 0 Å². The molecule has 0 bridgehead atoms. The zero-order valence-electron chi connectivity index (χ0n) is 20.5. The van der Waals surface area contributed by atoms with Crippen molar-refractivity contribution < 1.29 is 14.0 Å². The Bertz CT molecular complexity index is 1560. The number of carbonyl (C=O) groups is 2. The lowest BCUT2D eigenvalue weighted by atomic mass is 9.97. The molecule has 37 heavy (non-hydrogen) atoms. The number of nitrogens with one attached hydrogen (secondary N) is 1. The molecule has 1 aliphatic heterocycles. The zero-order valence-corrected chi connectivity index (χ0v) is 21.3. The van der Waals surface area contributed by atoms with Gasteiger partial charge in [-0.2, -0.15) is 0 Å². The molecule has 0 saturated carbocycles. The van der Waals surface area contributed by atoms with Crippen LogP contribution in [0, 0.1) is 0 Å². The summed E-state index contributed by atoms with van der Waals surface area (Å²) < 4.78 is 5.76. The number of hydrogen-bond donors (Lipinski definition) is 1. The Hall–Kier alpha value is -3.97. The number of nitrogens with zero attached hydrogens (tertiary/aromatic N) is 2. The van der Waals surface area contributed by atoms with Gasteiger partial charge in [0.2, 0.25) is 0 Å². The highest BCUT2D eigenvalue weighted by atomic mass is 32.1. The Morgan fingerprint density at radius 2 is 1.70 bits per heavy atom. The third-order valence-electron chi connectivity index (χ3n) is 7.14. The number of para-hydroxylation sites is 1. The van der Waals surface area contributed by atoms with Crippen LogP contribution in [0.3, 0.4) is 0 Å². The van der Waals surface area contributed by atoms with Gasteiger partial charge in [-0.05, 0) is 54.3 Å². The minimum atomic E-state index is -0.166. The predicted molar refractivity (Wildman–Crippen MR) is 146 cm³/mol. The molecule has 1 saturated heterocycles. The number of carbonyl (C=O) groups excluding carboxylic acids is 2. The van der Waals surface area contributed by atoms with Crippen LogP contribution in [0.1, 0.15) is 63.3 Å². The third kappa shape index (κ3) is 4.74. The van der Waals surface area contributed by atoms with E-state index in [2.05, 4.69) is 40.6 Å². The number of fused-ring (bicyclic) bond motifs is 2. The largest absolute Gasteiger partial charge is 0.451 e. The summed E-state index contributed by atoms with van der Waals surface area (Å²) in [7, 11) is 0. The highest BCUT2D eigenvalue weighted by Gasteiger charge is 2.28. The second-order valence-electron chi connectivity index (χ2n) is 9.59. The molecule has 0 spiro atoms. The van der Waals surface area contributed by atoms with Crippen molar-refractivity contribution in [3.63, 3.8) is 0 Å². The van der Waals surface area contributed by atoms with Crippen LogP contribution in [0.4, 0.5) is 0 Å². The number of likely N-dealkylation sites (tertiary alicyclic amines) is 1. The topological polar surface area (TPSA) is 75.4 Å². The smallest absolute Gasteiger partial charge is 0.289 e. The second kappa shape index (κ2) is 9.82. The van der Waals surface area contributed by atoms with E-state index in [1.165, 1.54) is 16.7 Å². The number of furan rings is 1. The highest BCUT2D eigenvalue weighted by molar-refractivity contribution is 7.09. The molecule has 186 valence electrons. The molecule has 0 radical (unpaired) electrons. The van der Waals surface area contributed by atoms with E-state index in [9.17, 15) is 9.59 Å². The van der Waals surface area contributed by atoms with E-state index < -0.39 is 0 Å². The number of amides is 2. The zero-order chi connectivity index (χ0) is 25.4. The molecule has 3 heterocycles. The van der Waals surface area contributed by atoms with Gasteiger partial charge in [-0.25, -0.2) is 4.98 Å². The number of piperidine rings is 1. The van der Waals surface area contributed by atoms with Crippen LogP contribution in [0.5, 0.6) is 0 Å². The van der Waals surface area contributed by atoms with Gasteiger partial charge in [0.25, 0.3) is 11.8 Å². The van der Waals surface area contributed by atoms with Gasteiger partial charge < -0.3 is 14.6 Å². The maximum atomic E-state index is 13.0. The van der Waals surface area contributed by atoms with Gasteiger partial charge in [0.05, 0.1) is 11.0 Å². The molecule has 0 aliphatic carbocycles. The number of aromatic nitrogens is 1. The summed E-state index contributed by atoms with van der Waals surface area (Å²) in [6.45, 7) is 3.27. The molecule has 6 rings (SSSR count). The maximum Gasteiger partial charge on any atom is 0.289 e. The molecule has 5 aromatic rings. The second-order valence-corrected chi connectivity index (χ2v) is 10.5. The van der Waals surface area contributed by atoms with Crippen molar-refractivity contribution in [2.45, 2.75) is 31.7 Å². The number of rotatable bonds is 5. The van der Waals surface area contributed by atoms with Crippen molar-refractivity contribution in [2.75, 3.05) is 13.1 Å². The van der Waals surface area contributed by atoms with Crippen LogP contribution in [-0.2, 0) is 0 Å². The molecule has 2 amide bonds. The Balaban J connectivity index is 1.07. The Morgan fingerprint density at radius 3 is 2.49 bits per heavy atom. The van der Waals surface area contributed by atoms with Crippen LogP contribution < -0.4 is 5.32 Å². The van der Waals surface area contributed by atoms with E-state index in [1.807, 2.05) is 59.7 Å². The molecule has 1 fully saturated rings. The molecule has 2 aromatic heterocycles. The van der Waals surface area contributed by atoms with Crippen molar-refractivity contribution in [1.82, 2.24) is 15.2 Å². The van der Waals surface area contributed by atoms with E-state index in [4.69, 9.17) is 4.42 Å². The number of thiazole rings is 1. The molecular formula is C30H27N3O3S. The molecule has 3 aromatic carbocycles. The van der Waals surface area contributed by atoms with Crippen LogP contribution >= 0.6 is 11.3 Å².